The minimum Gasteiger partial charge on any atom is -0.481 e. The molecule has 0 unspecified atom stereocenters. The second-order valence-corrected chi connectivity index (χ2v) is 4.29. The molecule has 0 aliphatic carbocycles. The molecule has 1 heterocycles. The SMILES string of the molecule is O=C(O)Cc1ccc(-c2cccc(C(F)(F)F)c2)c(F)n1. The predicted octanol–water partition coefficient (Wildman–Crippen LogP) is 3.53. The summed E-state index contributed by atoms with van der Waals surface area (Å²) in [5, 5.41) is 8.58. The standard InChI is InChI=1S/C14H9F4NO2/c15-13-11(5-4-10(19-13)7-12(20)21)8-2-1-3-9(6-8)14(16,17)18/h1-6H,7H2,(H,20,21). The molecule has 0 radical (unpaired) electrons. The van der Waals surface area contributed by atoms with Gasteiger partial charge in [-0.2, -0.15) is 17.6 Å². The Morgan fingerprint density at radius 1 is 1.19 bits per heavy atom. The number of carboxylic acid groups (broad SMARTS) is 1. The zero-order valence-corrected chi connectivity index (χ0v) is 10.5. The average Bonchev–Trinajstić information content (AvgIpc) is 2.37. The van der Waals surface area contributed by atoms with Gasteiger partial charge < -0.3 is 5.11 Å². The molecule has 0 aliphatic rings. The normalized spacial score (nSPS) is 11.4. The molecule has 0 bridgehead atoms. The van der Waals surface area contributed by atoms with Gasteiger partial charge in [0.15, 0.2) is 0 Å². The van der Waals surface area contributed by atoms with Gasteiger partial charge in [-0.1, -0.05) is 12.1 Å². The van der Waals surface area contributed by atoms with Crippen molar-refractivity contribution in [1.82, 2.24) is 4.98 Å². The smallest absolute Gasteiger partial charge is 0.416 e. The fourth-order valence-corrected chi connectivity index (χ4v) is 1.80. The van der Waals surface area contributed by atoms with Gasteiger partial charge in [0.25, 0.3) is 0 Å². The topological polar surface area (TPSA) is 50.2 Å². The molecule has 0 saturated heterocycles. The number of nitrogens with zero attached hydrogens (tertiary/aromatic N) is 1. The third-order valence-corrected chi connectivity index (χ3v) is 2.74. The van der Waals surface area contributed by atoms with E-state index in [-0.39, 0.29) is 16.8 Å². The molecular weight excluding hydrogens is 290 g/mol. The molecule has 2 aromatic rings. The molecule has 2 rings (SSSR count). The Morgan fingerprint density at radius 3 is 2.48 bits per heavy atom. The molecule has 0 fully saturated rings. The number of rotatable bonds is 3. The Morgan fingerprint density at radius 2 is 1.90 bits per heavy atom. The lowest BCUT2D eigenvalue weighted by Crippen LogP contribution is -2.06. The number of pyridine rings is 1. The van der Waals surface area contributed by atoms with E-state index in [1.807, 2.05) is 0 Å². The van der Waals surface area contributed by atoms with E-state index in [4.69, 9.17) is 5.11 Å². The van der Waals surface area contributed by atoms with Crippen LogP contribution in [-0.4, -0.2) is 16.1 Å². The summed E-state index contributed by atoms with van der Waals surface area (Å²) in [4.78, 5) is 14.0. The lowest BCUT2D eigenvalue weighted by molar-refractivity contribution is -0.138. The van der Waals surface area contributed by atoms with Crippen LogP contribution >= 0.6 is 0 Å². The van der Waals surface area contributed by atoms with Crippen molar-refractivity contribution in [3.8, 4) is 11.1 Å². The van der Waals surface area contributed by atoms with Crippen LogP contribution in [0.3, 0.4) is 0 Å². The fraction of sp³-hybridized carbons (Fsp3) is 0.143. The highest BCUT2D eigenvalue weighted by Crippen LogP contribution is 2.32. The highest BCUT2D eigenvalue weighted by Gasteiger charge is 2.30. The summed E-state index contributed by atoms with van der Waals surface area (Å²) in [5.74, 6) is -2.18. The van der Waals surface area contributed by atoms with Crippen molar-refractivity contribution in [3.05, 3.63) is 53.6 Å². The highest BCUT2D eigenvalue weighted by molar-refractivity contribution is 5.70. The van der Waals surface area contributed by atoms with Crippen LogP contribution in [0.15, 0.2) is 36.4 Å². The summed E-state index contributed by atoms with van der Waals surface area (Å²) in [6, 6.07) is 6.68. The molecule has 110 valence electrons. The Labute approximate surface area is 116 Å². The van der Waals surface area contributed by atoms with Crippen LogP contribution < -0.4 is 0 Å². The van der Waals surface area contributed by atoms with Crippen molar-refractivity contribution < 1.29 is 27.5 Å². The van der Waals surface area contributed by atoms with Gasteiger partial charge in [-0.3, -0.25) is 4.79 Å². The second kappa shape index (κ2) is 5.51. The number of carbonyl (C=O) groups is 1. The molecule has 0 spiro atoms. The van der Waals surface area contributed by atoms with Crippen molar-refractivity contribution in [3.63, 3.8) is 0 Å². The van der Waals surface area contributed by atoms with Crippen LogP contribution in [0.1, 0.15) is 11.3 Å². The van der Waals surface area contributed by atoms with Crippen LogP contribution in [0.4, 0.5) is 17.6 Å². The van der Waals surface area contributed by atoms with Crippen LogP contribution in [0.25, 0.3) is 11.1 Å². The number of hydrogen-bond acceptors (Lipinski definition) is 2. The van der Waals surface area contributed by atoms with Gasteiger partial charge in [0.1, 0.15) is 0 Å². The minimum atomic E-state index is -4.52. The highest BCUT2D eigenvalue weighted by atomic mass is 19.4. The molecule has 1 aromatic heterocycles. The van der Waals surface area contributed by atoms with Gasteiger partial charge in [-0.15, -0.1) is 0 Å². The summed E-state index contributed by atoms with van der Waals surface area (Å²) in [6.07, 6.45) is -4.98. The molecule has 21 heavy (non-hydrogen) atoms. The summed E-state index contributed by atoms with van der Waals surface area (Å²) in [7, 11) is 0. The zero-order chi connectivity index (χ0) is 15.6. The lowest BCUT2D eigenvalue weighted by Gasteiger charge is -2.09. The molecule has 3 nitrogen and oxygen atoms in total. The Bertz CT molecular complexity index is 683. The maximum atomic E-state index is 13.8. The molecular formula is C14H9F4NO2. The van der Waals surface area contributed by atoms with Crippen molar-refractivity contribution in [2.75, 3.05) is 0 Å². The summed E-state index contributed by atoms with van der Waals surface area (Å²) >= 11 is 0. The van der Waals surface area contributed by atoms with Crippen LogP contribution in [0.5, 0.6) is 0 Å². The average molecular weight is 299 g/mol. The number of aliphatic carboxylic acids is 1. The molecule has 0 amide bonds. The quantitative estimate of drug-likeness (QED) is 0.696. The van der Waals surface area contributed by atoms with Crippen molar-refractivity contribution >= 4 is 5.97 Å². The van der Waals surface area contributed by atoms with Crippen molar-refractivity contribution in [2.45, 2.75) is 12.6 Å². The Kier molecular flexibility index (Phi) is 3.93. The van der Waals surface area contributed by atoms with E-state index in [1.165, 1.54) is 24.3 Å². The fourth-order valence-electron chi connectivity index (χ4n) is 1.80. The van der Waals surface area contributed by atoms with E-state index in [0.717, 1.165) is 12.1 Å². The predicted molar refractivity (Wildman–Crippen MR) is 66.0 cm³/mol. The van der Waals surface area contributed by atoms with E-state index in [0.29, 0.717) is 0 Å². The number of aromatic nitrogens is 1. The number of benzene rings is 1. The number of alkyl halides is 3. The Balaban J connectivity index is 2.41. The minimum absolute atomic E-state index is 0.00396. The molecule has 1 aromatic carbocycles. The van der Waals surface area contributed by atoms with Crippen molar-refractivity contribution in [1.29, 1.82) is 0 Å². The van der Waals surface area contributed by atoms with Crippen LogP contribution in [0, 0.1) is 5.95 Å². The molecule has 7 heteroatoms. The third-order valence-electron chi connectivity index (χ3n) is 2.74. The van der Waals surface area contributed by atoms with E-state index >= 15 is 0 Å². The first-order valence-corrected chi connectivity index (χ1v) is 5.82. The first-order chi connectivity index (χ1) is 9.77. The van der Waals surface area contributed by atoms with Gasteiger partial charge >= 0.3 is 12.1 Å². The molecule has 0 saturated carbocycles. The van der Waals surface area contributed by atoms with Gasteiger partial charge in [-0.25, -0.2) is 4.98 Å². The first kappa shape index (κ1) is 15.0. The maximum absolute atomic E-state index is 13.8. The lowest BCUT2D eigenvalue weighted by atomic mass is 10.0. The summed E-state index contributed by atoms with van der Waals surface area (Å²) < 4.78 is 51.7. The van der Waals surface area contributed by atoms with E-state index in [1.54, 1.807) is 0 Å². The number of halogens is 4. The monoisotopic (exact) mass is 299 g/mol. The van der Waals surface area contributed by atoms with E-state index in [9.17, 15) is 22.4 Å². The summed E-state index contributed by atoms with van der Waals surface area (Å²) in [6.45, 7) is 0. The number of hydrogen-bond donors (Lipinski definition) is 1. The van der Waals surface area contributed by atoms with Crippen LogP contribution in [0.2, 0.25) is 0 Å². The van der Waals surface area contributed by atoms with E-state index in [2.05, 4.69) is 4.98 Å². The third kappa shape index (κ3) is 3.56. The van der Waals surface area contributed by atoms with Gasteiger partial charge in [0, 0.05) is 5.56 Å². The largest absolute Gasteiger partial charge is 0.481 e. The second-order valence-electron chi connectivity index (χ2n) is 4.29. The number of carboxylic acids is 1. The van der Waals surface area contributed by atoms with Crippen molar-refractivity contribution in [2.24, 2.45) is 0 Å². The Hall–Kier alpha value is -2.44. The van der Waals surface area contributed by atoms with Crippen LogP contribution in [-0.2, 0) is 17.4 Å². The molecule has 1 N–H and O–H groups in total. The maximum Gasteiger partial charge on any atom is 0.416 e. The van der Waals surface area contributed by atoms with Gasteiger partial charge in [0.05, 0.1) is 17.7 Å². The van der Waals surface area contributed by atoms with Gasteiger partial charge in [0.2, 0.25) is 5.95 Å². The van der Waals surface area contributed by atoms with Gasteiger partial charge in [-0.05, 0) is 29.8 Å². The van der Waals surface area contributed by atoms with E-state index < -0.39 is 30.1 Å². The molecule has 0 atom stereocenters. The zero-order valence-electron chi connectivity index (χ0n) is 10.5. The first-order valence-electron chi connectivity index (χ1n) is 5.82. The molecule has 0 aliphatic heterocycles. The summed E-state index contributed by atoms with van der Waals surface area (Å²) in [5.41, 5.74) is -0.989.